The number of benzene rings is 3. The maximum Gasteiger partial charge on any atom is 0.121 e. The molecule has 3 nitrogen and oxygen atoms in total. The molecule has 0 radical (unpaired) electrons. The summed E-state index contributed by atoms with van der Waals surface area (Å²) in [6, 6.07) is 21.5. The molecule has 0 unspecified atom stereocenters. The Morgan fingerprint density at radius 3 is 2.36 bits per heavy atom. The van der Waals surface area contributed by atoms with Crippen molar-refractivity contribution in [3.8, 4) is 11.5 Å². The summed E-state index contributed by atoms with van der Waals surface area (Å²) in [6.07, 6.45) is 0. The monoisotopic (exact) mass is 289 g/mol. The van der Waals surface area contributed by atoms with Crippen molar-refractivity contribution in [1.29, 1.82) is 0 Å². The largest absolute Gasteiger partial charge is 0.508 e. The molecule has 2 N–H and O–H groups in total. The Balaban J connectivity index is 1.67. The molecule has 1 heterocycles. The molecular formula is C19H15NO2. The molecule has 3 aromatic carbocycles. The van der Waals surface area contributed by atoms with E-state index < -0.39 is 0 Å². The highest BCUT2D eigenvalue weighted by molar-refractivity contribution is 6.07. The van der Waals surface area contributed by atoms with Gasteiger partial charge in [-0.15, -0.1) is 0 Å². The lowest BCUT2D eigenvalue weighted by Gasteiger charge is -2.06. The van der Waals surface area contributed by atoms with Crippen LogP contribution in [0.4, 0.5) is 0 Å². The first-order valence-corrected chi connectivity index (χ1v) is 7.21. The topological polar surface area (TPSA) is 45.2 Å². The van der Waals surface area contributed by atoms with E-state index in [4.69, 9.17) is 4.74 Å². The van der Waals surface area contributed by atoms with Crippen molar-refractivity contribution in [2.24, 2.45) is 0 Å². The SMILES string of the molecule is Oc1ccc2c(c1)[nH]c1cc(OCc3ccccc3)ccc12. The van der Waals surface area contributed by atoms with Crippen LogP contribution in [0.1, 0.15) is 5.56 Å². The van der Waals surface area contributed by atoms with Crippen LogP contribution in [0.25, 0.3) is 21.8 Å². The Hall–Kier alpha value is -2.94. The summed E-state index contributed by atoms with van der Waals surface area (Å²) in [5.41, 5.74) is 3.07. The summed E-state index contributed by atoms with van der Waals surface area (Å²) in [7, 11) is 0. The van der Waals surface area contributed by atoms with E-state index in [1.54, 1.807) is 12.1 Å². The lowest BCUT2D eigenvalue weighted by molar-refractivity contribution is 0.306. The Labute approximate surface area is 127 Å². The molecule has 4 aromatic rings. The molecule has 0 bridgehead atoms. The molecule has 4 rings (SSSR count). The normalized spacial score (nSPS) is 11.1. The molecule has 0 fully saturated rings. The maximum absolute atomic E-state index is 9.58. The fourth-order valence-corrected chi connectivity index (χ4v) is 2.71. The Morgan fingerprint density at radius 1 is 0.818 bits per heavy atom. The number of hydrogen-bond acceptors (Lipinski definition) is 2. The first-order chi connectivity index (χ1) is 10.8. The van der Waals surface area contributed by atoms with Crippen molar-refractivity contribution in [3.63, 3.8) is 0 Å². The first-order valence-electron chi connectivity index (χ1n) is 7.21. The molecule has 0 aliphatic rings. The molecule has 3 heteroatoms. The van der Waals surface area contributed by atoms with Gasteiger partial charge in [0.25, 0.3) is 0 Å². The minimum atomic E-state index is 0.264. The zero-order valence-corrected chi connectivity index (χ0v) is 11.9. The van der Waals surface area contributed by atoms with Crippen LogP contribution in [-0.4, -0.2) is 10.1 Å². The van der Waals surface area contributed by atoms with Crippen LogP contribution in [0, 0.1) is 0 Å². The predicted octanol–water partition coefficient (Wildman–Crippen LogP) is 4.61. The van der Waals surface area contributed by atoms with Crippen molar-refractivity contribution in [3.05, 3.63) is 72.3 Å². The first kappa shape index (κ1) is 12.8. The highest BCUT2D eigenvalue weighted by Gasteiger charge is 2.06. The second-order valence-electron chi connectivity index (χ2n) is 5.34. The van der Waals surface area contributed by atoms with Gasteiger partial charge in [0, 0.05) is 22.9 Å². The van der Waals surface area contributed by atoms with Gasteiger partial charge in [-0.2, -0.15) is 0 Å². The number of aromatic hydroxyl groups is 1. The number of aromatic amines is 1. The Kier molecular flexibility index (Phi) is 2.97. The van der Waals surface area contributed by atoms with E-state index in [9.17, 15) is 5.11 Å². The van der Waals surface area contributed by atoms with E-state index in [2.05, 4.69) is 4.98 Å². The van der Waals surface area contributed by atoms with Gasteiger partial charge in [0.05, 0.1) is 11.0 Å². The van der Waals surface area contributed by atoms with Crippen LogP contribution >= 0.6 is 0 Å². The number of rotatable bonds is 3. The van der Waals surface area contributed by atoms with Gasteiger partial charge in [-0.25, -0.2) is 0 Å². The molecule has 1 aromatic heterocycles. The maximum atomic E-state index is 9.58. The van der Waals surface area contributed by atoms with E-state index in [1.165, 1.54) is 0 Å². The molecule has 0 aliphatic heterocycles. The number of aromatic nitrogens is 1. The third-order valence-electron chi connectivity index (χ3n) is 3.80. The average Bonchev–Trinajstić information content (AvgIpc) is 2.90. The summed E-state index contributed by atoms with van der Waals surface area (Å²) in [5, 5.41) is 11.8. The highest BCUT2D eigenvalue weighted by Crippen LogP contribution is 2.30. The predicted molar refractivity (Wildman–Crippen MR) is 88.2 cm³/mol. The molecule has 0 saturated heterocycles. The number of phenolic OH excluding ortho intramolecular Hbond substituents is 1. The van der Waals surface area contributed by atoms with Gasteiger partial charge < -0.3 is 14.8 Å². The van der Waals surface area contributed by atoms with E-state index in [1.807, 2.05) is 54.6 Å². The zero-order valence-electron chi connectivity index (χ0n) is 11.9. The number of ether oxygens (including phenoxy) is 1. The third-order valence-corrected chi connectivity index (χ3v) is 3.80. The van der Waals surface area contributed by atoms with Crippen LogP contribution in [0.5, 0.6) is 11.5 Å². The van der Waals surface area contributed by atoms with Gasteiger partial charge in [-0.05, 0) is 29.8 Å². The minimum Gasteiger partial charge on any atom is -0.508 e. The second kappa shape index (κ2) is 5.11. The minimum absolute atomic E-state index is 0.264. The van der Waals surface area contributed by atoms with E-state index in [-0.39, 0.29) is 5.75 Å². The molecule has 0 aliphatic carbocycles. The number of nitrogens with one attached hydrogen (secondary N) is 1. The number of hydrogen-bond donors (Lipinski definition) is 2. The molecule has 22 heavy (non-hydrogen) atoms. The van der Waals surface area contributed by atoms with Gasteiger partial charge in [-0.3, -0.25) is 0 Å². The zero-order chi connectivity index (χ0) is 14.9. The smallest absolute Gasteiger partial charge is 0.121 e. The number of H-pyrrole nitrogens is 1. The lowest BCUT2D eigenvalue weighted by Crippen LogP contribution is -1.94. The van der Waals surface area contributed by atoms with Crippen LogP contribution < -0.4 is 4.74 Å². The number of fused-ring (bicyclic) bond motifs is 3. The second-order valence-corrected chi connectivity index (χ2v) is 5.34. The molecule has 0 saturated carbocycles. The molecule has 0 amide bonds. The summed E-state index contributed by atoms with van der Waals surface area (Å²) in [5.74, 6) is 1.09. The fraction of sp³-hybridized carbons (Fsp3) is 0.0526. The van der Waals surface area contributed by atoms with Crippen LogP contribution in [0.2, 0.25) is 0 Å². The standard InChI is InChI=1S/C19H15NO2/c21-14-6-8-16-17-9-7-15(11-19(17)20-18(16)10-14)22-12-13-4-2-1-3-5-13/h1-11,20-21H,12H2. The summed E-state index contributed by atoms with van der Waals surface area (Å²) < 4.78 is 5.85. The van der Waals surface area contributed by atoms with E-state index >= 15 is 0 Å². The van der Waals surface area contributed by atoms with Crippen LogP contribution in [0.3, 0.4) is 0 Å². The summed E-state index contributed by atoms with van der Waals surface area (Å²) >= 11 is 0. The van der Waals surface area contributed by atoms with Crippen molar-refractivity contribution < 1.29 is 9.84 Å². The van der Waals surface area contributed by atoms with E-state index in [0.717, 1.165) is 33.1 Å². The van der Waals surface area contributed by atoms with Gasteiger partial charge in [0.15, 0.2) is 0 Å². The molecule has 108 valence electrons. The summed E-state index contributed by atoms with van der Waals surface area (Å²) in [6.45, 7) is 0.549. The van der Waals surface area contributed by atoms with Crippen LogP contribution in [0.15, 0.2) is 66.7 Å². The van der Waals surface area contributed by atoms with E-state index in [0.29, 0.717) is 6.61 Å². The van der Waals surface area contributed by atoms with Crippen molar-refractivity contribution >= 4 is 21.8 Å². The Bertz CT molecular complexity index is 942. The quantitative estimate of drug-likeness (QED) is 0.578. The average molecular weight is 289 g/mol. The lowest BCUT2D eigenvalue weighted by atomic mass is 10.1. The summed E-state index contributed by atoms with van der Waals surface area (Å²) in [4.78, 5) is 3.32. The third kappa shape index (κ3) is 2.27. The molecule has 0 spiro atoms. The van der Waals surface area contributed by atoms with Gasteiger partial charge >= 0.3 is 0 Å². The van der Waals surface area contributed by atoms with Crippen molar-refractivity contribution in [2.45, 2.75) is 6.61 Å². The Morgan fingerprint density at radius 2 is 1.55 bits per heavy atom. The van der Waals surface area contributed by atoms with Gasteiger partial charge in [0.2, 0.25) is 0 Å². The van der Waals surface area contributed by atoms with Crippen molar-refractivity contribution in [2.75, 3.05) is 0 Å². The molecule has 0 atom stereocenters. The number of phenols is 1. The van der Waals surface area contributed by atoms with Gasteiger partial charge in [-0.1, -0.05) is 30.3 Å². The fourth-order valence-electron chi connectivity index (χ4n) is 2.71. The van der Waals surface area contributed by atoms with Crippen molar-refractivity contribution in [1.82, 2.24) is 4.98 Å². The highest BCUT2D eigenvalue weighted by atomic mass is 16.5. The molecular weight excluding hydrogens is 274 g/mol. The van der Waals surface area contributed by atoms with Crippen LogP contribution in [-0.2, 0) is 6.61 Å². The van der Waals surface area contributed by atoms with Gasteiger partial charge in [0.1, 0.15) is 18.1 Å².